The summed E-state index contributed by atoms with van der Waals surface area (Å²) in [5.41, 5.74) is 1.45. The second-order valence-corrected chi connectivity index (χ2v) is 5.81. The maximum atomic E-state index is 12.8. The molecule has 1 aromatic heterocycles. The number of amides is 1. The molecule has 1 saturated heterocycles. The van der Waals surface area contributed by atoms with Crippen LogP contribution in [0.4, 0.5) is 0 Å². The number of carbonyl (C=O) groups is 2. The van der Waals surface area contributed by atoms with Gasteiger partial charge in [-0.1, -0.05) is 6.07 Å². The van der Waals surface area contributed by atoms with Crippen molar-refractivity contribution in [2.45, 2.75) is 25.4 Å². The lowest BCUT2D eigenvalue weighted by molar-refractivity contribution is -0.137. The molecular weight excluding hydrogens is 296 g/mol. The molecule has 3 rings (SSSR count). The van der Waals surface area contributed by atoms with Crippen molar-refractivity contribution in [3.63, 3.8) is 0 Å². The first-order valence-corrected chi connectivity index (χ1v) is 7.83. The smallest absolute Gasteiger partial charge is 0.305 e. The van der Waals surface area contributed by atoms with E-state index in [0.29, 0.717) is 18.7 Å². The normalized spacial score (nSPS) is 17.5. The topological polar surface area (TPSA) is 82.6 Å². The van der Waals surface area contributed by atoms with Crippen molar-refractivity contribution in [2.24, 2.45) is 0 Å². The summed E-state index contributed by atoms with van der Waals surface area (Å²) >= 11 is 0. The van der Waals surface area contributed by atoms with Crippen LogP contribution in [0.1, 0.15) is 29.6 Å². The number of rotatable bonds is 6. The summed E-state index contributed by atoms with van der Waals surface area (Å²) < 4.78 is 5.59. The van der Waals surface area contributed by atoms with E-state index in [2.05, 4.69) is 4.98 Å². The van der Waals surface area contributed by atoms with Crippen LogP contribution in [-0.2, 0) is 9.53 Å². The van der Waals surface area contributed by atoms with Crippen LogP contribution in [0, 0.1) is 0 Å². The van der Waals surface area contributed by atoms with Crippen molar-refractivity contribution in [1.29, 1.82) is 0 Å². The van der Waals surface area contributed by atoms with Crippen molar-refractivity contribution in [1.82, 2.24) is 9.88 Å². The first-order chi connectivity index (χ1) is 11.1. The van der Waals surface area contributed by atoms with Gasteiger partial charge in [-0.3, -0.25) is 9.59 Å². The van der Waals surface area contributed by atoms with E-state index in [1.165, 1.54) is 0 Å². The number of aromatic nitrogens is 1. The van der Waals surface area contributed by atoms with Crippen molar-refractivity contribution >= 4 is 22.8 Å². The number of aromatic amines is 1. The van der Waals surface area contributed by atoms with Crippen molar-refractivity contribution in [3.8, 4) is 0 Å². The highest BCUT2D eigenvalue weighted by atomic mass is 16.5. The number of carboxylic acids is 1. The van der Waals surface area contributed by atoms with E-state index in [1.54, 1.807) is 17.0 Å². The van der Waals surface area contributed by atoms with Gasteiger partial charge in [-0.2, -0.15) is 0 Å². The van der Waals surface area contributed by atoms with Crippen LogP contribution in [0.15, 0.2) is 30.5 Å². The molecule has 1 atom stereocenters. The van der Waals surface area contributed by atoms with Gasteiger partial charge in [-0.05, 0) is 36.4 Å². The highest BCUT2D eigenvalue weighted by Gasteiger charge is 2.24. The Balaban J connectivity index is 1.77. The molecule has 2 heterocycles. The van der Waals surface area contributed by atoms with Crippen LogP contribution in [0.2, 0.25) is 0 Å². The second kappa shape index (κ2) is 6.83. The first kappa shape index (κ1) is 15.6. The Morgan fingerprint density at radius 1 is 1.35 bits per heavy atom. The Bertz CT molecular complexity index is 703. The number of nitrogens with zero attached hydrogens (tertiary/aromatic N) is 1. The minimum Gasteiger partial charge on any atom is -0.481 e. The standard InChI is InChI=1S/C17H20N2O4/c20-16(21)6-8-19(11-14-2-1-9-23-14)17(22)13-4-3-12-5-7-18-15(12)10-13/h3-5,7,10,14,18H,1-2,6,8-9,11H2,(H,20,21). The molecule has 1 aliphatic heterocycles. The molecule has 0 saturated carbocycles. The molecule has 0 bridgehead atoms. The van der Waals surface area contributed by atoms with Gasteiger partial charge in [-0.25, -0.2) is 0 Å². The van der Waals surface area contributed by atoms with Gasteiger partial charge in [-0.15, -0.1) is 0 Å². The molecule has 2 N–H and O–H groups in total. The second-order valence-electron chi connectivity index (χ2n) is 5.81. The largest absolute Gasteiger partial charge is 0.481 e. The number of carbonyl (C=O) groups excluding carboxylic acids is 1. The fraction of sp³-hybridized carbons (Fsp3) is 0.412. The number of carboxylic acid groups (broad SMARTS) is 1. The Kier molecular flexibility index (Phi) is 4.62. The van der Waals surface area contributed by atoms with Gasteiger partial charge in [0.05, 0.1) is 12.5 Å². The first-order valence-electron chi connectivity index (χ1n) is 7.83. The fourth-order valence-electron chi connectivity index (χ4n) is 2.90. The number of fused-ring (bicyclic) bond motifs is 1. The Morgan fingerprint density at radius 2 is 2.22 bits per heavy atom. The molecule has 0 aliphatic carbocycles. The summed E-state index contributed by atoms with van der Waals surface area (Å²) in [5, 5.41) is 9.95. The number of benzene rings is 1. The molecule has 1 aliphatic rings. The van der Waals surface area contributed by atoms with Crippen LogP contribution in [-0.4, -0.2) is 52.7 Å². The van der Waals surface area contributed by atoms with Gasteiger partial charge in [0.25, 0.3) is 5.91 Å². The third-order valence-electron chi connectivity index (χ3n) is 4.13. The molecule has 2 aromatic rings. The number of aliphatic carboxylic acids is 1. The van der Waals surface area contributed by atoms with Crippen LogP contribution in [0.3, 0.4) is 0 Å². The molecule has 122 valence electrons. The van der Waals surface area contributed by atoms with E-state index < -0.39 is 5.97 Å². The van der Waals surface area contributed by atoms with E-state index in [1.807, 2.05) is 18.3 Å². The maximum Gasteiger partial charge on any atom is 0.305 e. The lowest BCUT2D eigenvalue weighted by Crippen LogP contribution is -2.38. The van der Waals surface area contributed by atoms with Crippen LogP contribution in [0.5, 0.6) is 0 Å². The lowest BCUT2D eigenvalue weighted by atomic mass is 10.1. The molecule has 1 aromatic carbocycles. The average Bonchev–Trinajstić information content (AvgIpc) is 3.20. The Hall–Kier alpha value is -2.34. The van der Waals surface area contributed by atoms with Crippen LogP contribution >= 0.6 is 0 Å². The van der Waals surface area contributed by atoms with Gasteiger partial charge < -0.3 is 19.7 Å². The maximum absolute atomic E-state index is 12.8. The minimum absolute atomic E-state index is 0.00182. The van der Waals surface area contributed by atoms with E-state index in [4.69, 9.17) is 9.84 Å². The third kappa shape index (κ3) is 3.71. The van der Waals surface area contributed by atoms with E-state index in [-0.39, 0.29) is 25.0 Å². The van der Waals surface area contributed by atoms with E-state index in [0.717, 1.165) is 23.7 Å². The molecule has 1 fully saturated rings. The Labute approximate surface area is 134 Å². The van der Waals surface area contributed by atoms with Gasteiger partial charge in [0.15, 0.2) is 0 Å². The lowest BCUT2D eigenvalue weighted by Gasteiger charge is -2.25. The summed E-state index contributed by atoms with van der Waals surface area (Å²) in [5.74, 6) is -1.06. The summed E-state index contributed by atoms with van der Waals surface area (Å²) in [6.07, 6.45) is 3.66. The molecule has 1 unspecified atom stereocenters. The van der Waals surface area contributed by atoms with Gasteiger partial charge in [0, 0.05) is 37.0 Å². The molecule has 0 spiro atoms. The van der Waals surface area contributed by atoms with Crippen molar-refractivity contribution < 1.29 is 19.4 Å². The monoisotopic (exact) mass is 316 g/mol. The van der Waals surface area contributed by atoms with Gasteiger partial charge >= 0.3 is 5.97 Å². The van der Waals surface area contributed by atoms with Gasteiger partial charge in [0.2, 0.25) is 0 Å². The third-order valence-corrected chi connectivity index (χ3v) is 4.13. The van der Waals surface area contributed by atoms with Crippen LogP contribution < -0.4 is 0 Å². The number of hydrogen-bond acceptors (Lipinski definition) is 3. The number of ether oxygens (including phenoxy) is 1. The minimum atomic E-state index is -0.907. The highest BCUT2D eigenvalue weighted by Crippen LogP contribution is 2.18. The van der Waals surface area contributed by atoms with E-state index >= 15 is 0 Å². The van der Waals surface area contributed by atoms with Crippen molar-refractivity contribution in [3.05, 3.63) is 36.0 Å². The zero-order chi connectivity index (χ0) is 16.2. The van der Waals surface area contributed by atoms with Crippen LogP contribution in [0.25, 0.3) is 10.9 Å². The summed E-state index contributed by atoms with van der Waals surface area (Å²) in [6, 6.07) is 7.42. The summed E-state index contributed by atoms with van der Waals surface area (Å²) in [6.45, 7) is 1.34. The average molecular weight is 316 g/mol. The molecule has 0 radical (unpaired) electrons. The Morgan fingerprint density at radius 3 is 2.96 bits per heavy atom. The van der Waals surface area contributed by atoms with Gasteiger partial charge in [0.1, 0.15) is 0 Å². The summed E-state index contributed by atoms with van der Waals surface area (Å²) in [4.78, 5) is 28.3. The predicted octanol–water partition coefficient (Wildman–Crippen LogP) is 2.26. The molecule has 6 heteroatoms. The summed E-state index contributed by atoms with van der Waals surface area (Å²) in [7, 11) is 0. The SMILES string of the molecule is O=C(O)CCN(CC1CCCO1)C(=O)c1ccc2cc[nH]c2c1. The fourth-order valence-corrected chi connectivity index (χ4v) is 2.90. The molecule has 23 heavy (non-hydrogen) atoms. The molecule has 6 nitrogen and oxygen atoms in total. The highest BCUT2D eigenvalue weighted by molar-refractivity contribution is 5.98. The number of hydrogen-bond donors (Lipinski definition) is 2. The van der Waals surface area contributed by atoms with E-state index in [9.17, 15) is 9.59 Å². The zero-order valence-corrected chi connectivity index (χ0v) is 12.8. The molecular formula is C17H20N2O4. The molecule has 1 amide bonds. The van der Waals surface area contributed by atoms with Crippen molar-refractivity contribution in [2.75, 3.05) is 19.7 Å². The predicted molar refractivity (Wildman–Crippen MR) is 85.4 cm³/mol. The zero-order valence-electron chi connectivity index (χ0n) is 12.8. The number of nitrogens with one attached hydrogen (secondary N) is 1. The number of H-pyrrole nitrogens is 1. The quantitative estimate of drug-likeness (QED) is 0.856.